The molecule has 0 N–H and O–H groups in total. The van der Waals surface area contributed by atoms with Gasteiger partial charge in [0.25, 0.3) is 5.91 Å². The number of fused-ring (bicyclic) bond motifs is 1. The van der Waals surface area contributed by atoms with Gasteiger partial charge < -0.3 is 14.2 Å². The second-order valence-electron chi connectivity index (χ2n) is 8.10. The number of furan rings is 1. The first-order valence-corrected chi connectivity index (χ1v) is 11.0. The highest BCUT2D eigenvalue weighted by atomic mass is 16.6. The molecular formula is C25H22N4O5. The average molecular weight is 458 g/mol. The zero-order valence-electron chi connectivity index (χ0n) is 18.3. The van der Waals surface area contributed by atoms with Crippen LogP contribution in [-0.4, -0.2) is 46.5 Å². The van der Waals surface area contributed by atoms with E-state index < -0.39 is 16.2 Å². The van der Waals surface area contributed by atoms with E-state index in [1.54, 1.807) is 23.1 Å². The van der Waals surface area contributed by atoms with Crippen LogP contribution in [0.3, 0.4) is 0 Å². The number of nitro groups is 1. The van der Waals surface area contributed by atoms with Crippen molar-refractivity contribution in [1.82, 2.24) is 9.47 Å². The van der Waals surface area contributed by atoms with Gasteiger partial charge in [-0.3, -0.25) is 24.3 Å². The fourth-order valence-corrected chi connectivity index (χ4v) is 4.47. The maximum atomic E-state index is 13.4. The van der Waals surface area contributed by atoms with Crippen LogP contribution in [0.4, 0.5) is 11.4 Å². The van der Waals surface area contributed by atoms with E-state index in [9.17, 15) is 19.7 Å². The molecule has 1 fully saturated rings. The highest BCUT2D eigenvalue weighted by Crippen LogP contribution is 2.34. The van der Waals surface area contributed by atoms with E-state index >= 15 is 0 Å². The van der Waals surface area contributed by atoms with Crippen LogP contribution in [0.25, 0.3) is 10.9 Å². The Labute approximate surface area is 194 Å². The minimum absolute atomic E-state index is 0.220. The van der Waals surface area contributed by atoms with Crippen LogP contribution in [0.15, 0.2) is 82.2 Å². The van der Waals surface area contributed by atoms with Crippen LogP contribution >= 0.6 is 0 Å². The van der Waals surface area contributed by atoms with Crippen LogP contribution in [0, 0.1) is 10.1 Å². The maximum absolute atomic E-state index is 13.4. The van der Waals surface area contributed by atoms with Gasteiger partial charge in [-0.15, -0.1) is 0 Å². The minimum Gasteiger partial charge on any atom is -0.459 e. The van der Waals surface area contributed by atoms with E-state index in [1.165, 1.54) is 10.8 Å². The number of amides is 1. The third-order valence-electron chi connectivity index (χ3n) is 6.10. The Morgan fingerprint density at radius 3 is 2.32 bits per heavy atom. The summed E-state index contributed by atoms with van der Waals surface area (Å²) in [6.07, 6.45) is 1.45. The molecule has 9 nitrogen and oxygen atoms in total. The molecule has 0 unspecified atom stereocenters. The maximum Gasteiger partial charge on any atom is 0.357 e. The molecule has 34 heavy (non-hydrogen) atoms. The Morgan fingerprint density at radius 1 is 0.941 bits per heavy atom. The van der Waals surface area contributed by atoms with Crippen molar-refractivity contribution in [3.8, 4) is 0 Å². The number of carbonyl (C=O) groups is 1. The molecule has 0 saturated carbocycles. The topological polar surface area (TPSA) is 102 Å². The SMILES string of the molecule is O=C(c1ccco1)N1CCN(c2c([N+](=O)[O-])c(=O)n(Cc3ccccc3)c3ccccc23)CC1. The molecule has 3 heterocycles. The van der Waals surface area contributed by atoms with Crippen molar-refractivity contribution in [2.24, 2.45) is 0 Å². The van der Waals surface area contributed by atoms with Crippen LogP contribution in [-0.2, 0) is 6.54 Å². The van der Waals surface area contributed by atoms with E-state index in [0.717, 1.165) is 5.56 Å². The second kappa shape index (κ2) is 8.86. The van der Waals surface area contributed by atoms with Crippen molar-refractivity contribution >= 4 is 28.2 Å². The molecule has 0 atom stereocenters. The summed E-state index contributed by atoms with van der Waals surface area (Å²) in [5.41, 5.74) is 0.727. The van der Waals surface area contributed by atoms with E-state index in [1.807, 2.05) is 53.4 Å². The van der Waals surface area contributed by atoms with Crippen molar-refractivity contribution in [3.05, 3.63) is 105 Å². The first kappa shape index (κ1) is 21.4. The third-order valence-corrected chi connectivity index (χ3v) is 6.10. The van der Waals surface area contributed by atoms with Crippen molar-refractivity contribution < 1.29 is 14.1 Å². The Balaban J connectivity index is 1.55. The van der Waals surface area contributed by atoms with Crippen molar-refractivity contribution in [1.29, 1.82) is 0 Å². The predicted octanol–water partition coefficient (Wildman–Crippen LogP) is 3.51. The lowest BCUT2D eigenvalue weighted by molar-refractivity contribution is -0.385. The lowest BCUT2D eigenvalue weighted by Crippen LogP contribution is -2.49. The quantitative estimate of drug-likeness (QED) is 0.335. The molecule has 1 aliphatic heterocycles. The predicted molar refractivity (Wildman–Crippen MR) is 127 cm³/mol. The molecule has 1 amide bonds. The number of rotatable bonds is 5. The normalized spacial score (nSPS) is 13.9. The zero-order valence-corrected chi connectivity index (χ0v) is 18.3. The Morgan fingerprint density at radius 2 is 1.65 bits per heavy atom. The van der Waals surface area contributed by atoms with E-state index in [0.29, 0.717) is 42.8 Å². The highest BCUT2D eigenvalue weighted by molar-refractivity contribution is 5.97. The van der Waals surface area contributed by atoms with Crippen molar-refractivity contribution in [2.75, 3.05) is 31.1 Å². The van der Waals surface area contributed by atoms with E-state index in [-0.39, 0.29) is 18.2 Å². The molecule has 5 rings (SSSR count). The summed E-state index contributed by atoms with van der Waals surface area (Å²) < 4.78 is 6.67. The van der Waals surface area contributed by atoms with Crippen LogP contribution in [0.2, 0.25) is 0 Å². The standard InChI is InChI=1S/C25H22N4O5/c30-24(21-11-6-16-34-21)27-14-12-26(13-15-27)22-19-9-4-5-10-20(19)28(25(31)23(22)29(32)33)17-18-7-2-1-3-8-18/h1-11,16H,12-15,17H2. The molecule has 4 aromatic rings. The second-order valence-corrected chi connectivity index (χ2v) is 8.10. The number of hydrogen-bond acceptors (Lipinski definition) is 6. The zero-order chi connectivity index (χ0) is 23.7. The molecule has 0 aliphatic carbocycles. The fourth-order valence-electron chi connectivity index (χ4n) is 4.47. The molecule has 0 bridgehead atoms. The largest absolute Gasteiger partial charge is 0.459 e. The molecule has 9 heteroatoms. The highest BCUT2D eigenvalue weighted by Gasteiger charge is 2.32. The molecule has 2 aromatic carbocycles. The summed E-state index contributed by atoms with van der Waals surface area (Å²) in [6.45, 7) is 1.67. The molecular weight excluding hydrogens is 436 g/mol. The van der Waals surface area contributed by atoms with Crippen LogP contribution < -0.4 is 10.5 Å². The Kier molecular flexibility index (Phi) is 5.59. The number of nitrogens with zero attached hydrogens (tertiary/aromatic N) is 4. The molecule has 0 spiro atoms. The molecule has 1 aliphatic rings. The van der Waals surface area contributed by atoms with Gasteiger partial charge >= 0.3 is 11.2 Å². The minimum atomic E-state index is -0.642. The Hall–Kier alpha value is -4.40. The van der Waals surface area contributed by atoms with Crippen molar-refractivity contribution in [3.63, 3.8) is 0 Å². The molecule has 172 valence electrons. The summed E-state index contributed by atoms with van der Waals surface area (Å²) in [5.74, 6) is 0.0377. The first-order valence-electron chi connectivity index (χ1n) is 11.0. The summed E-state index contributed by atoms with van der Waals surface area (Å²) in [7, 11) is 0. The fraction of sp³-hybridized carbons (Fsp3) is 0.200. The number of anilines is 1. The van der Waals surface area contributed by atoms with Gasteiger partial charge in [-0.2, -0.15) is 0 Å². The van der Waals surface area contributed by atoms with Gasteiger partial charge in [-0.1, -0.05) is 48.5 Å². The summed E-state index contributed by atoms with van der Waals surface area (Å²) in [6, 6.07) is 19.9. The molecule has 1 saturated heterocycles. The van der Waals surface area contributed by atoms with Gasteiger partial charge in [0.15, 0.2) is 5.76 Å². The lowest BCUT2D eigenvalue weighted by atomic mass is 10.1. The van der Waals surface area contributed by atoms with Gasteiger partial charge in [0.2, 0.25) is 0 Å². The number of pyridine rings is 1. The van der Waals surface area contributed by atoms with Gasteiger partial charge in [0.05, 0.1) is 23.2 Å². The van der Waals surface area contributed by atoms with E-state index in [2.05, 4.69) is 0 Å². The summed E-state index contributed by atoms with van der Waals surface area (Å²) in [5, 5.41) is 12.8. The van der Waals surface area contributed by atoms with Crippen molar-refractivity contribution in [2.45, 2.75) is 6.54 Å². The monoisotopic (exact) mass is 458 g/mol. The first-order chi connectivity index (χ1) is 16.5. The molecule has 0 radical (unpaired) electrons. The molecule has 2 aromatic heterocycles. The number of benzene rings is 2. The number of carbonyl (C=O) groups excluding carboxylic acids is 1. The number of hydrogen-bond donors (Lipinski definition) is 0. The third kappa shape index (κ3) is 3.81. The van der Waals surface area contributed by atoms with Crippen LogP contribution in [0.1, 0.15) is 16.1 Å². The number of aromatic nitrogens is 1. The average Bonchev–Trinajstić information content (AvgIpc) is 3.40. The summed E-state index contributed by atoms with van der Waals surface area (Å²) in [4.78, 5) is 41.1. The van der Waals surface area contributed by atoms with Gasteiger partial charge in [-0.25, -0.2) is 0 Å². The summed E-state index contributed by atoms with van der Waals surface area (Å²) >= 11 is 0. The van der Waals surface area contributed by atoms with Gasteiger partial charge in [0, 0.05) is 31.6 Å². The Bertz CT molecular complexity index is 1400. The van der Waals surface area contributed by atoms with Gasteiger partial charge in [-0.05, 0) is 23.8 Å². The van der Waals surface area contributed by atoms with E-state index in [4.69, 9.17) is 4.42 Å². The van der Waals surface area contributed by atoms with Crippen LogP contribution in [0.5, 0.6) is 0 Å². The number of piperazine rings is 1. The number of para-hydroxylation sites is 1. The smallest absolute Gasteiger partial charge is 0.357 e. The van der Waals surface area contributed by atoms with Gasteiger partial charge in [0.1, 0.15) is 5.69 Å². The lowest BCUT2D eigenvalue weighted by Gasteiger charge is -2.36.